The van der Waals surface area contributed by atoms with Gasteiger partial charge < -0.3 is 15.8 Å². The van der Waals surface area contributed by atoms with Gasteiger partial charge in [-0.2, -0.15) is 0 Å². The summed E-state index contributed by atoms with van der Waals surface area (Å²) < 4.78 is 0. The summed E-state index contributed by atoms with van der Waals surface area (Å²) >= 11 is 0. The van der Waals surface area contributed by atoms with Gasteiger partial charge in [-0.3, -0.25) is 4.79 Å². The molecule has 5 heteroatoms. The monoisotopic (exact) mass is 133 g/mol. The smallest absolute Gasteiger partial charge is 0.430 e. The number of nitrogens with two attached hydrogens (primary N) is 1. The van der Waals surface area contributed by atoms with Gasteiger partial charge in [0.25, 0.3) is 0 Å². The predicted molar refractivity (Wildman–Crippen MR) is 35.6 cm³/mol. The van der Waals surface area contributed by atoms with Crippen molar-refractivity contribution in [3.05, 3.63) is 0 Å². The highest BCUT2D eigenvalue weighted by Gasteiger charge is 1.96. The van der Waals surface area contributed by atoms with Gasteiger partial charge in [-0.1, -0.05) is 13.8 Å². The quantitative estimate of drug-likeness (QED) is 0.375. The van der Waals surface area contributed by atoms with Crippen LogP contribution in [-0.4, -0.2) is 23.6 Å². The molecule has 0 radical (unpaired) electrons. The molecule has 1 amide bonds. The Labute approximate surface area is 55.0 Å². The van der Waals surface area contributed by atoms with E-state index < -0.39 is 7.69 Å². The first-order valence-electron chi connectivity index (χ1n) is 2.57. The molecule has 0 saturated carbocycles. The van der Waals surface area contributed by atoms with Crippen LogP contribution in [-0.2, 0) is 4.79 Å². The molecule has 0 bridgehead atoms. The van der Waals surface area contributed by atoms with E-state index in [1.165, 1.54) is 0 Å². The van der Waals surface area contributed by atoms with Crippen LogP contribution >= 0.6 is 0 Å². The van der Waals surface area contributed by atoms with Gasteiger partial charge in [-0.15, -0.1) is 0 Å². The van der Waals surface area contributed by atoms with Crippen molar-refractivity contribution < 1.29 is 14.8 Å². The second-order valence-corrected chi connectivity index (χ2v) is 1.70. The third-order valence-corrected chi connectivity index (χ3v) is 0.569. The molecule has 0 spiro atoms. The molecule has 0 fully saturated rings. The van der Waals surface area contributed by atoms with Crippen LogP contribution in [0.4, 0.5) is 0 Å². The van der Waals surface area contributed by atoms with Gasteiger partial charge in [0.05, 0.1) is 0 Å². The van der Waals surface area contributed by atoms with E-state index in [4.69, 9.17) is 15.8 Å². The molecular weight excluding hydrogens is 121 g/mol. The van der Waals surface area contributed by atoms with Crippen molar-refractivity contribution in [3.63, 3.8) is 0 Å². The van der Waals surface area contributed by atoms with Gasteiger partial charge >= 0.3 is 7.69 Å². The number of carbonyl (C=O) groups excluding carboxylic acids is 1. The molecule has 4 nitrogen and oxygen atoms in total. The molecule has 0 aliphatic heterocycles. The van der Waals surface area contributed by atoms with Crippen molar-refractivity contribution in [3.8, 4) is 0 Å². The predicted octanol–water partition coefficient (Wildman–Crippen LogP) is -1.63. The minimum Gasteiger partial charge on any atom is -0.430 e. The van der Waals surface area contributed by atoms with Crippen LogP contribution in [0.15, 0.2) is 0 Å². The van der Waals surface area contributed by atoms with E-state index in [0.29, 0.717) is 0 Å². The summed E-state index contributed by atoms with van der Waals surface area (Å²) in [4.78, 5) is 9.92. The molecule has 0 aromatic rings. The van der Waals surface area contributed by atoms with Crippen LogP contribution in [0.2, 0.25) is 0 Å². The Morgan fingerprint density at radius 3 is 1.67 bits per heavy atom. The van der Waals surface area contributed by atoms with Gasteiger partial charge in [-0.25, -0.2) is 0 Å². The normalized spacial score (nSPS) is 7.67. The molecular formula is C4H12BNO3. The number of primary amides is 1. The molecule has 0 aliphatic carbocycles. The summed E-state index contributed by atoms with van der Waals surface area (Å²) in [7, 11) is -0.750. The maximum absolute atomic E-state index is 9.92. The van der Waals surface area contributed by atoms with Crippen molar-refractivity contribution in [1.29, 1.82) is 0 Å². The number of rotatable bonds is 1. The summed E-state index contributed by atoms with van der Waals surface area (Å²) in [6.07, 6.45) is 0. The van der Waals surface area contributed by atoms with Crippen molar-refractivity contribution >= 4 is 13.6 Å². The molecule has 0 aromatic heterocycles. The average Bonchev–Trinajstić information content (AvgIpc) is 1.68. The van der Waals surface area contributed by atoms with E-state index in [2.05, 4.69) is 0 Å². The second kappa shape index (κ2) is 7.45. The van der Waals surface area contributed by atoms with Crippen molar-refractivity contribution in [2.75, 3.05) is 0 Å². The molecule has 0 saturated heterocycles. The Morgan fingerprint density at radius 2 is 1.67 bits per heavy atom. The van der Waals surface area contributed by atoms with Gasteiger partial charge in [-0.05, 0) is 0 Å². The lowest BCUT2D eigenvalue weighted by atomic mass is 10.2. The fraction of sp³-hybridized carbons (Fsp3) is 0.750. The van der Waals surface area contributed by atoms with E-state index >= 15 is 0 Å². The van der Waals surface area contributed by atoms with E-state index in [1.807, 2.05) is 0 Å². The van der Waals surface area contributed by atoms with Gasteiger partial charge in [0, 0.05) is 5.92 Å². The number of hydrogen-bond acceptors (Lipinski definition) is 3. The molecule has 0 atom stereocenters. The van der Waals surface area contributed by atoms with Crippen molar-refractivity contribution in [2.45, 2.75) is 13.8 Å². The second-order valence-electron chi connectivity index (χ2n) is 1.70. The van der Waals surface area contributed by atoms with Crippen LogP contribution in [0.1, 0.15) is 13.8 Å². The van der Waals surface area contributed by atoms with Gasteiger partial charge in [0.2, 0.25) is 5.91 Å². The first-order chi connectivity index (χ1) is 4.06. The van der Waals surface area contributed by atoms with Gasteiger partial charge in [0.15, 0.2) is 0 Å². The topological polar surface area (TPSA) is 83.6 Å². The minimum atomic E-state index is -0.750. The fourth-order valence-corrected chi connectivity index (χ4v) is 0. The lowest BCUT2D eigenvalue weighted by Gasteiger charge is -1.90. The highest BCUT2D eigenvalue weighted by molar-refractivity contribution is 6.13. The minimum absolute atomic E-state index is 0.00926. The molecule has 4 N–H and O–H groups in total. The zero-order chi connectivity index (χ0) is 7.86. The number of carbonyl (C=O) groups is 1. The van der Waals surface area contributed by atoms with Gasteiger partial charge in [0.1, 0.15) is 0 Å². The summed E-state index contributed by atoms with van der Waals surface area (Å²) in [5, 5.41) is 14.2. The first-order valence-corrected chi connectivity index (χ1v) is 2.57. The summed E-state index contributed by atoms with van der Waals surface area (Å²) in [6.45, 7) is 3.53. The molecule has 0 heterocycles. The Balaban J connectivity index is 0. The highest BCUT2D eigenvalue weighted by atomic mass is 16.4. The Kier molecular flexibility index (Phi) is 9.34. The SMILES string of the molecule is CC(C)C(N)=O.OBO. The van der Waals surface area contributed by atoms with Crippen LogP contribution in [0.25, 0.3) is 0 Å². The summed E-state index contributed by atoms with van der Waals surface area (Å²) in [5.41, 5.74) is 4.80. The molecule has 9 heavy (non-hydrogen) atoms. The molecule has 0 unspecified atom stereocenters. The summed E-state index contributed by atoms with van der Waals surface area (Å²) in [5.74, 6) is -0.250. The number of amides is 1. The third kappa shape index (κ3) is 18.6. The lowest BCUT2D eigenvalue weighted by molar-refractivity contribution is -0.120. The summed E-state index contributed by atoms with van der Waals surface area (Å²) in [6, 6.07) is 0. The van der Waals surface area contributed by atoms with E-state index in [1.54, 1.807) is 13.8 Å². The first kappa shape index (κ1) is 11.3. The zero-order valence-electron chi connectivity index (χ0n) is 5.66. The van der Waals surface area contributed by atoms with Crippen LogP contribution in [0, 0.1) is 5.92 Å². The average molecular weight is 133 g/mol. The van der Waals surface area contributed by atoms with E-state index in [0.717, 1.165) is 0 Å². The van der Waals surface area contributed by atoms with Crippen LogP contribution < -0.4 is 5.73 Å². The van der Waals surface area contributed by atoms with E-state index in [-0.39, 0.29) is 11.8 Å². The maximum Gasteiger partial charge on any atom is 0.432 e. The van der Waals surface area contributed by atoms with Crippen LogP contribution in [0.3, 0.4) is 0 Å². The van der Waals surface area contributed by atoms with Crippen molar-refractivity contribution in [1.82, 2.24) is 0 Å². The maximum atomic E-state index is 9.92. The van der Waals surface area contributed by atoms with E-state index in [9.17, 15) is 4.79 Å². The Bertz CT molecular complexity index is 76.2. The van der Waals surface area contributed by atoms with Crippen molar-refractivity contribution in [2.24, 2.45) is 11.7 Å². The molecule has 0 aliphatic rings. The van der Waals surface area contributed by atoms with Crippen LogP contribution in [0.5, 0.6) is 0 Å². The molecule has 54 valence electrons. The largest absolute Gasteiger partial charge is 0.432 e. The molecule has 0 rings (SSSR count). The highest BCUT2D eigenvalue weighted by Crippen LogP contribution is 1.84. The number of hydrogen-bond donors (Lipinski definition) is 3. The zero-order valence-corrected chi connectivity index (χ0v) is 5.66. The Hall–Kier alpha value is -0.545. The lowest BCUT2D eigenvalue weighted by Crippen LogP contribution is -2.17. The molecule has 0 aromatic carbocycles. The fourth-order valence-electron chi connectivity index (χ4n) is 0. The third-order valence-electron chi connectivity index (χ3n) is 0.569. The Morgan fingerprint density at radius 1 is 1.56 bits per heavy atom. The standard InChI is InChI=1S/C4H9NO.BH3O2/c1-3(2)4(5)6;2-1-3/h3H,1-2H3,(H2,5,6);1-3H.